The van der Waals surface area contributed by atoms with Crippen LogP contribution in [0.3, 0.4) is 0 Å². The van der Waals surface area contributed by atoms with Gasteiger partial charge in [-0.1, -0.05) is 36.4 Å². The highest BCUT2D eigenvalue weighted by atomic mass is 32.1. The summed E-state index contributed by atoms with van der Waals surface area (Å²) >= 11 is 1.40. The zero-order valence-corrected chi connectivity index (χ0v) is 12.0. The number of carboxylic acid groups (broad SMARTS) is 1. The normalized spacial score (nSPS) is 13.4. The van der Waals surface area contributed by atoms with Gasteiger partial charge in [-0.25, -0.2) is 0 Å². The molecule has 0 radical (unpaired) electrons. The van der Waals surface area contributed by atoms with Gasteiger partial charge in [0.1, 0.15) is 6.04 Å². The number of hydrogen-bond donors (Lipinski definition) is 3. The third-order valence-corrected chi connectivity index (χ3v) is 4.01. The van der Waals surface area contributed by atoms with Gasteiger partial charge in [-0.15, -0.1) is 11.3 Å². The molecule has 1 amide bonds. The van der Waals surface area contributed by atoms with Crippen LogP contribution in [0, 0.1) is 0 Å². The Morgan fingerprint density at radius 1 is 1.19 bits per heavy atom. The van der Waals surface area contributed by atoms with Crippen LogP contribution in [0.1, 0.15) is 28.9 Å². The molecule has 5 nitrogen and oxygen atoms in total. The van der Waals surface area contributed by atoms with E-state index in [4.69, 9.17) is 10.8 Å². The van der Waals surface area contributed by atoms with Crippen LogP contribution in [0.5, 0.6) is 0 Å². The molecule has 21 heavy (non-hydrogen) atoms. The molecule has 0 saturated carbocycles. The summed E-state index contributed by atoms with van der Waals surface area (Å²) in [6.07, 6.45) is -0.173. The molecule has 2 aromatic rings. The van der Waals surface area contributed by atoms with Crippen molar-refractivity contribution in [1.29, 1.82) is 0 Å². The number of nitrogens with two attached hydrogens (primary N) is 1. The van der Waals surface area contributed by atoms with E-state index in [1.165, 1.54) is 11.3 Å². The van der Waals surface area contributed by atoms with Crippen LogP contribution in [0.4, 0.5) is 0 Å². The number of carboxylic acids is 1. The molecule has 2 rings (SSSR count). The molecular weight excluding hydrogens is 288 g/mol. The maximum atomic E-state index is 12.2. The molecule has 0 saturated heterocycles. The molecule has 0 aliphatic carbocycles. The minimum atomic E-state index is -0.970. The number of nitrogens with one attached hydrogen (secondary N) is 1. The van der Waals surface area contributed by atoms with Crippen LogP contribution in [0.15, 0.2) is 47.8 Å². The first-order valence-electron chi connectivity index (χ1n) is 6.44. The van der Waals surface area contributed by atoms with E-state index in [0.29, 0.717) is 5.56 Å². The van der Waals surface area contributed by atoms with Crippen molar-refractivity contribution in [1.82, 2.24) is 5.32 Å². The summed E-state index contributed by atoms with van der Waals surface area (Å²) in [7, 11) is 0. The number of thiophene rings is 1. The minimum absolute atomic E-state index is 0.173. The Morgan fingerprint density at radius 2 is 1.90 bits per heavy atom. The summed E-state index contributed by atoms with van der Waals surface area (Å²) in [5, 5.41) is 13.5. The van der Waals surface area contributed by atoms with Crippen LogP contribution in [-0.2, 0) is 9.59 Å². The number of carbonyl (C=O) groups is 2. The molecule has 1 aromatic carbocycles. The molecular formula is C15H16N2O3S. The zero-order valence-electron chi connectivity index (χ0n) is 11.2. The van der Waals surface area contributed by atoms with Gasteiger partial charge in [-0.3, -0.25) is 9.59 Å². The van der Waals surface area contributed by atoms with Crippen molar-refractivity contribution in [2.45, 2.75) is 18.5 Å². The molecule has 1 unspecified atom stereocenters. The molecule has 0 spiro atoms. The third kappa shape index (κ3) is 4.14. The van der Waals surface area contributed by atoms with Crippen molar-refractivity contribution in [3.05, 3.63) is 58.3 Å². The molecule has 2 atom stereocenters. The standard InChI is InChI=1S/C15H16N2O3S/c16-14(10-5-2-1-3-6-10)15(20)17-11(9-13(18)19)12-7-4-8-21-12/h1-8,11,14H,9,16H2,(H,17,20)(H,18,19)/t11?,14-/m1/s1. The van der Waals surface area contributed by atoms with Crippen molar-refractivity contribution in [2.75, 3.05) is 0 Å². The average Bonchev–Trinajstić information content (AvgIpc) is 3.00. The largest absolute Gasteiger partial charge is 0.481 e. The Morgan fingerprint density at radius 3 is 2.48 bits per heavy atom. The number of rotatable bonds is 6. The van der Waals surface area contributed by atoms with Crippen LogP contribution in [0.25, 0.3) is 0 Å². The lowest BCUT2D eigenvalue weighted by Crippen LogP contribution is -2.37. The first-order valence-corrected chi connectivity index (χ1v) is 7.32. The predicted octanol–water partition coefficient (Wildman–Crippen LogP) is 2.08. The van der Waals surface area contributed by atoms with E-state index in [2.05, 4.69) is 5.32 Å². The Balaban J connectivity index is 2.09. The number of aliphatic carboxylic acids is 1. The van der Waals surface area contributed by atoms with Crippen molar-refractivity contribution >= 4 is 23.2 Å². The number of benzene rings is 1. The van der Waals surface area contributed by atoms with E-state index in [1.54, 1.807) is 30.3 Å². The van der Waals surface area contributed by atoms with Gasteiger partial charge in [0.05, 0.1) is 12.5 Å². The fraction of sp³-hybridized carbons (Fsp3) is 0.200. The Bertz CT molecular complexity index is 599. The van der Waals surface area contributed by atoms with E-state index >= 15 is 0 Å². The van der Waals surface area contributed by atoms with Crippen LogP contribution >= 0.6 is 11.3 Å². The molecule has 1 aromatic heterocycles. The van der Waals surface area contributed by atoms with E-state index in [0.717, 1.165) is 4.88 Å². The molecule has 6 heteroatoms. The van der Waals surface area contributed by atoms with Crippen LogP contribution < -0.4 is 11.1 Å². The number of carbonyl (C=O) groups excluding carboxylic acids is 1. The minimum Gasteiger partial charge on any atom is -0.481 e. The predicted molar refractivity (Wildman–Crippen MR) is 80.8 cm³/mol. The molecule has 0 bridgehead atoms. The smallest absolute Gasteiger partial charge is 0.305 e. The van der Waals surface area contributed by atoms with Gasteiger partial charge in [0.25, 0.3) is 0 Å². The maximum Gasteiger partial charge on any atom is 0.305 e. The van der Waals surface area contributed by atoms with E-state index in [1.807, 2.05) is 17.5 Å². The monoisotopic (exact) mass is 304 g/mol. The lowest BCUT2D eigenvalue weighted by molar-refractivity contribution is -0.137. The fourth-order valence-corrected chi connectivity index (χ4v) is 2.74. The summed E-state index contributed by atoms with van der Waals surface area (Å²) in [5.41, 5.74) is 6.60. The third-order valence-electron chi connectivity index (χ3n) is 3.02. The molecule has 1 heterocycles. The molecule has 4 N–H and O–H groups in total. The van der Waals surface area contributed by atoms with Gasteiger partial charge < -0.3 is 16.2 Å². The molecule has 0 aliphatic rings. The Kier molecular flexibility index (Phi) is 5.08. The second kappa shape index (κ2) is 7.01. The molecule has 110 valence electrons. The molecule has 0 aliphatic heterocycles. The second-order valence-electron chi connectivity index (χ2n) is 4.56. The van der Waals surface area contributed by atoms with Crippen molar-refractivity contribution in [3.63, 3.8) is 0 Å². The summed E-state index contributed by atoms with van der Waals surface area (Å²) in [4.78, 5) is 24.0. The van der Waals surface area contributed by atoms with Crippen LogP contribution in [0.2, 0.25) is 0 Å². The van der Waals surface area contributed by atoms with E-state index < -0.39 is 18.1 Å². The first-order chi connectivity index (χ1) is 10.1. The first kappa shape index (κ1) is 15.2. The van der Waals surface area contributed by atoms with Crippen LogP contribution in [-0.4, -0.2) is 17.0 Å². The zero-order chi connectivity index (χ0) is 15.2. The van der Waals surface area contributed by atoms with Crippen molar-refractivity contribution < 1.29 is 14.7 Å². The highest BCUT2D eigenvalue weighted by Crippen LogP contribution is 2.23. The average molecular weight is 304 g/mol. The van der Waals surface area contributed by atoms with Crippen molar-refractivity contribution in [3.8, 4) is 0 Å². The van der Waals surface area contributed by atoms with Gasteiger partial charge in [-0.2, -0.15) is 0 Å². The Hall–Kier alpha value is -2.18. The Labute approximate surface area is 126 Å². The lowest BCUT2D eigenvalue weighted by Gasteiger charge is -2.19. The van der Waals surface area contributed by atoms with E-state index in [-0.39, 0.29) is 12.3 Å². The van der Waals surface area contributed by atoms with Gasteiger partial charge in [-0.05, 0) is 17.0 Å². The quantitative estimate of drug-likeness (QED) is 0.762. The van der Waals surface area contributed by atoms with Gasteiger partial charge in [0.15, 0.2) is 0 Å². The maximum absolute atomic E-state index is 12.2. The molecule has 0 fully saturated rings. The number of hydrogen-bond acceptors (Lipinski definition) is 4. The fourth-order valence-electron chi connectivity index (χ4n) is 1.96. The topological polar surface area (TPSA) is 92.4 Å². The van der Waals surface area contributed by atoms with Gasteiger partial charge >= 0.3 is 5.97 Å². The second-order valence-corrected chi connectivity index (χ2v) is 5.54. The summed E-state index contributed by atoms with van der Waals surface area (Å²) in [6.45, 7) is 0. The summed E-state index contributed by atoms with van der Waals surface area (Å²) in [5.74, 6) is -1.36. The lowest BCUT2D eigenvalue weighted by atomic mass is 10.1. The number of amides is 1. The van der Waals surface area contributed by atoms with Crippen molar-refractivity contribution in [2.24, 2.45) is 5.73 Å². The SMILES string of the molecule is N[C@@H](C(=O)NC(CC(=O)O)c1cccs1)c1ccccc1. The summed E-state index contributed by atoms with van der Waals surface area (Å²) in [6, 6.07) is 11.2. The summed E-state index contributed by atoms with van der Waals surface area (Å²) < 4.78 is 0. The highest BCUT2D eigenvalue weighted by Gasteiger charge is 2.23. The highest BCUT2D eigenvalue weighted by molar-refractivity contribution is 7.10. The van der Waals surface area contributed by atoms with E-state index in [9.17, 15) is 9.59 Å². The van der Waals surface area contributed by atoms with Gasteiger partial charge in [0.2, 0.25) is 5.91 Å². The van der Waals surface area contributed by atoms with Gasteiger partial charge in [0, 0.05) is 4.88 Å².